The number of hydrogen-bond donors (Lipinski definition) is 1. The van der Waals surface area contributed by atoms with E-state index in [1.54, 1.807) is 4.90 Å². The van der Waals surface area contributed by atoms with Crippen LogP contribution in [-0.4, -0.2) is 33.9 Å². The summed E-state index contributed by atoms with van der Waals surface area (Å²) in [6.45, 7) is 3.28. The van der Waals surface area contributed by atoms with Gasteiger partial charge in [0, 0.05) is 31.2 Å². The molecular formula is C22H22N6OS2. The quantitative estimate of drug-likeness (QED) is 0.452. The van der Waals surface area contributed by atoms with E-state index in [1.807, 2.05) is 41.9 Å². The van der Waals surface area contributed by atoms with Gasteiger partial charge < -0.3 is 0 Å². The molecule has 158 valence electrons. The predicted molar refractivity (Wildman–Crippen MR) is 128 cm³/mol. The van der Waals surface area contributed by atoms with E-state index in [1.165, 1.54) is 23.3 Å². The van der Waals surface area contributed by atoms with Gasteiger partial charge in [0.15, 0.2) is 5.13 Å². The highest BCUT2D eigenvalue weighted by Crippen LogP contribution is 2.34. The van der Waals surface area contributed by atoms with Gasteiger partial charge in [-0.1, -0.05) is 29.5 Å². The van der Waals surface area contributed by atoms with Crippen LogP contribution in [0.3, 0.4) is 0 Å². The zero-order chi connectivity index (χ0) is 21.5. The lowest BCUT2D eigenvalue weighted by Crippen LogP contribution is -2.49. The van der Waals surface area contributed by atoms with Crippen LogP contribution < -0.4 is 14.9 Å². The Bertz CT molecular complexity index is 1260. The van der Waals surface area contributed by atoms with E-state index in [4.69, 9.17) is 5.14 Å². The lowest BCUT2D eigenvalue weighted by atomic mass is 10.0. The Morgan fingerprint density at radius 1 is 1.06 bits per heavy atom. The number of benzene rings is 2. The van der Waals surface area contributed by atoms with Crippen LogP contribution in [-0.2, 0) is 7.05 Å². The monoisotopic (exact) mass is 450 g/mol. The number of fused-ring (bicyclic) bond motifs is 1. The van der Waals surface area contributed by atoms with E-state index >= 15 is 0 Å². The lowest BCUT2D eigenvalue weighted by Gasteiger charge is -2.34. The summed E-state index contributed by atoms with van der Waals surface area (Å²) in [5.41, 5.74) is 5.10. The molecule has 4 aromatic rings. The number of carbonyl (C=O) groups excluding carboxylic acids is 1. The lowest BCUT2D eigenvalue weighted by molar-refractivity contribution is 0.248. The molecule has 0 radical (unpaired) electrons. The van der Waals surface area contributed by atoms with Gasteiger partial charge in [0.1, 0.15) is 0 Å². The Morgan fingerprint density at radius 2 is 1.81 bits per heavy atom. The molecule has 3 heterocycles. The third kappa shape index (κ3) is 3.58. The molecule has 1 saturated heterocycles. The molecule has 2 aromatic heterocycles. The van der Waals surface area contributed by atoms with Crippen LogP contribution in [0.2, 0.25) is 0 Å². The van der Waals surface area contributed by atoms with Gasteiger partial charge in [-0.3, -0.25) is 19.6 Å². The van der Waals surface area contributed by atoms with Crippen molar-refractivity contribution in [3.05, 3.63) is 54.4 Å². The number of nitrogens with two attached hydrogens (primary N) is 1. The summed E-state index contributed by atoms with van der Waals surface area (Å²) < 4.78 is 2.81. The van der Waals surface area contributed by atoms with Crippen molar-refractivity contribution in [2.45, 2.75) is 17.6 Å². The number of amides is 2. The third-order valence-corrected chi connectivity index (χ3v) is 7.59. The standard InChI is InChI=1S/C22H22N6OS2/c1-14-20(31-23)30-21(25-14)28-11-3-10-27(22(28)29)18-7-4-15(5-8-18)16-6-9-19-17(12-16)13-24-26(19)2/h4-9,12-13H,3,10-11,23H2,1-2H3. The zero-order valence-electron chi connectivity index (χ0n) is 17.3. The normalized spacial score (nSPS) is 14.6. The number of aromatic nitrogens is 3. The molecule has 7 nitrogen and oxygen atoms in total. The molecule has 1 aliphatic rings. The fourth-order valence-electron chi connectivity index (χ4n) is 3.91. The molecule has 9 heteroatoms. The number of nitrogens with zero attached hydrogens (tertiary/aromatic N) is 5. The molecule has 5 rings (SSSR count). The first-order valence-corrected chi connectivity index (χ1v) is 11.7. The summed E-state index contributed by atoms with van der Waals surface area (Å²) in [5, 5.41) is 11.8. The fourth-order valence-corrected chi connectivity index (χ4v) is 5.37. The average molecular weight is 451 g/mol. The average Bonchev–Trinajstić information content (AvgIpc) is 3.36. The summed E-state index contributed by atoms with van der Waals surface area (Å²) in [5.74, 6) is 0. The second kappa shape index (κ2) is 7.99. The molecule has 2 aromatic carbocycles. The Morgan fingerprint density at radius 3 is 2.55 bits per heavy atom. The van der Waals surface area contributed by atoms with Gasteiger partial charge in [0.05, 0.1) is 21.6 Å². The van der Waals surface area contributed by atoms with Gasteiger partial charge in [-0.25, -0.2) is 9.78 Å². The van der Waals surface area contributed by atoms with Gasteiger partial charge in [0.25, 0.3) is 0 Å². The summed E-state index contributed by atoms with van der Waals surface area (Å²) >= 11 is 2.65. The molecule has 0 spiro atoms. The molecule has 1 aliphatic heterocycles. The van der Waals surface area contributed by atoms with Crippen molar-refractivity contribution in [1.29, 1.82) is 0 Å². The Kier molecular flexibility index (Phi) is 5.17. The molecule has 31 heavy (non-hydrogen) atoms. The summed E-state index contributed by atoms with van der Waals surface area (Å²) in [4.78, 5) is 21.3. The molecule has 2 N–H and O–H groups in total. The predicted octanol–water partition coefficient (Wildman–Crippen LogP) is 4.81. The van der Waals surface area contributed by atoms with Crippen LogP contribution in [0.15, 0.2) is 52.9 Å². The minimum atomic E-state index is -0.0434. The van der Waals surface area contributed by atoms with Crippen LogP contribution in [0.4, 0.5) is 15.6 Å². The maximum Gasteiger partial charge on any atom is 0.330 e. The van der Waals surface area contributed by atoms with E-state index in [0.29, 0.717) is 18.2 Å². The van der Waals surface area contributed by atoms with Gasteiger partial charge in [0.2, 0.25) is 0 Å². The summed E-state index contributed by atoms with van der Waals surface area (Å²) in [6.07, 6.45) is 2.76. The topological polar surface area (TPSA) is 80.3 Å². The van der Waals surface area contributed by atoms with Crippen LogP contribution in [0.1, 0.15) is 12.1 Å². The highest BCUT2D eigenvalue weighted by atomic mass is 32.2. The first-order valence-electron chi connectivity index (χ1n) is 10.0. The highest BCUT2D eigenvalue weighted by Gasteiger charge is 2.30. The van der Waals surface area contributed by atoms with Crippen molar-refractivity contribution in [2.24, 2.45) is 12.2 Å². The molecule has 0 atom stereocenters. The molecule has 0 aliphatic carbocycles. The van der Waals surface area contributed by atoms with Crippen LogP contribution >= 0.6 is 23.3 Å². The van der Waals surface area contributed by atoms with Crippen molar-refractivity contribution in [3.8, 4) is 11.1 Å². The smallest absolute Gasteiger partial charge is 0.294 e. The maximum absolute atomic E-state index is 13.2. The minimum absolute atomic E-state index is 0.0434. The number of anilines is 2. The van der Waals surface area contributed by atoms with Gasteiger partial charge >= 0.3 is 6.03 Å². The van der Waals surface area contributed by atoms with Crippen molar-refractivity contribution in [3.63, 3.8) is 0 Å². The molecule has 0 saturated carbocycles. The van der Waals surface area contributed by atoms with Gasteiger partial charge in [-0.15, -0.1) is 0 Å². The van der Waals surface area contributed by atoms with Crippen molar-refractivity contribution >= 4 is 51.0 Å². The third-order valence-electron chi connectivity index (χ3n) is 5.56. The molecule has 1 fully saturated rings. The number of aryl methyl sites for hydroxylation is 2. The number of urea groups is 1. The largest absolute Gasteiger partial charge is 0.330 e. The van der Waals surface area contributed by atoms with Crippen molar-refractivity contribution < 1.29 is 4.79 Å². The minimum Gasteiger partial charge on any atom is -0.294 e. The number of hydrogen-bond acceptors (Lipinski definition) is 6. The summed E-state index contributed by atoms with van der Waals surface area (Å²) in [7, 11) is 1.94. The first kappa shape index (κ1) is 20.0. The molecule has 0 bridgehead atoms. The second-order valence-electron chi connectivity index (χ2n) is 7.52. The van der Waals surface area contributed by atoms with Crippen LogP contribution in [0, 0.1) is 6.92 Å². The van der Waals surface area contributed by atoms with Crippen LogP contribution in [0.25, 0.3) is 22.0 Å². The number of thiazole rings is 1. The Hall–Kier alpha value is -2.88. The molecule has 2 amide bonds. The first-order chi connectivity index (χ1) is 15.0. The highest BCUT2D eigenvalue weighted by molar-refractivity contribution is 7.99. The molecule has 0 unspecified atom stereocenters. The molecular weight excluding hydrogens is 428 g/mol. The van der Waals surface area contributed by atoms with E-state index in [0.717, 1.165) is 44.0 Å². The van der Waals surface area contributed by atoms with E-state index in [2.05, 4.69) is 40.4 Å². The maximum atomic E-state index is 13.2. The van der Waals surface area contributed by atoms with E-state index in [-0.39, 0.29) is 6.03 Å². The van der Waals surface area contributed by atoms with Crippen molar-refractivity contribution in [1.82, 2.24) is 14.8 Å². The fraction of sp³-hybridized carbons (Fsp3) is 0.227. The van der Waals surface area contributed by atoms with Gasteiger partial charge in [-0.2, -0.15) is 5.10 Å². The number of carbonyl (C=O) groups is 1. The van der Waals surface area contributed by atoms with Crippen molar-refractivity contribution in [2.75, 3.05) is 22.9 Å². The van der Waals surface area contributed by atoms with E-state index < -0.39 is 0 Å². The number of rotatable bonds is 4. The second-order valence-corrected chi connectivity index (χ2v) is 9.40. The summed E-state index contributed by atoms with van der Waals surface area (Å²) in [6, 6.07) is 14.4. The zero-order valence-corrected chi connectivity index (χ0v) is 18.9. The Balaban J connectivity index is 1.39. The Labute approximate surface area is 188 Å². The van der Waals surface area contributed by atoms with Gasteiger partial charge in [-0.05, 0) is 60.7 Å². The van der Waals surface area contributed by atoms with Crippen LogP contribution in [0.5, 0.6) is 0 Å². The SMILES string of the molecule is Cc1nc(N2CCCN(c3ccc(-c4ccc5c(cnn5C)c4)cc3)C2=O)sc1SN. The van der Waals surface area contributed by atoms with E-state index in [9.17, 15) is 4.79 Å².